The van der Waals surface area contributed by atoms with Crippen LogP contribution >= 0.6 is 0 Å². The molecule has 0 aliphatic rings. The maximum absolute atomic E-state index is 11.4. The van der Waals surface area contributed by atoms with Crippen LogP contribution in [-0.4, -0.2) is 62.7 Å². The van der Waals surface area contributed by atoms with Gasteiger partial charge in [0.05, 0.1) is 31.7 Å². The van der Waals surface area contributed by atoms with Crippen molar-refractivity contribution in [3.05, 3.63) is 0 Å². The van der Waals surface area contributed by atoms with Crippen molar-refractivity contribution in [3.63, 3.8) is 0 Å². The van der Waals surface area contributed by atoms with Gasteiger partial charge in [-0.1, -0.05) is 58.3 Å². The predicted molar refractivity (Wildman–Crippen MR) is 123 cm³/mol. The number of nitrogens with two attached hydrogens (primary N) is 2. The van der Waals surface area contributed by atoms with E-state index in [9.17, 15) is 24.0 Å². The number of aliphatic carboxylic acids is 4. The van der Waals surface area contributed by atoms with Gasteiger partial charge in [-0.05, 0) is 6.42 Å². The number of rotatable bonds is 18. The Balaban J connectivity index is -0.000000468. The number of Topliss-reactive ketones (excluding diaryl/α,β-unsaturated/α-hetero) is 1. The van der Waals surface area contributed by atoms with Crippen molar-refractivity contribution in [1.82, 2.24) is 0 Å². The lowest BCUT2D eigenvalue weighted by molar-refractivity contribution is -0.143. The van der Waals surface area contributed by atoms with Crippen LogP contribution in [0.2, 0.25) is 0 Å². The second-order valence-electron chi connectivity index (χ2n) is 7.46. The van der Waals surface area contributed by atoms with Gasteiger partial charge >= 0.3 is 23.9 Å². The molecule has 0 aliphatic carbocycles. The molecule has 0 aromatic heterocycles. The van der Waals surface area contributed by atoms with Crippen LogP contribution in [0.5, 0.6) is 0 Å². The summed E-state index contributed by atoms with van der Waals surface area (Å²) in [5, 5.41) is 31.6. The number of carbonyl (C=O) groups excluding carboxylic acids is 1. The molecule has 0 amide bonds. The molecular formula is C22H42N2O9. The van der Waals surface area contributed by atoms with Gasteiger partial charge in [0, 0.05) is 13.0 Å². The number of carbonyl (C=O) groups is 5. The molecule has 0 spiro atoms. The van der Waals surface area contributed by atoms with Gasteiger partial charge in [0.15, 0.2) is 5.78 Å². The molecule has 11 heteroatoms. The van der Waals surface area contributed by atoms with E-state index in [0.717, 1.165) is 12.8 Å². The Labute approximate surface area is 195 Å². The third-order valence-electron chi connectivity index (χ3n) is 4.30. The quantitative estimate of drug-likeness (QED) is 0.157. The lowest BCUT2D eigenvalue weighted by Crippen LogP contribution is -2.37. The van der Waals surface area contributed by atoms with Gasteiger partial charge < -0.3 is 31.9 Å². The van der Waals surface area contributed by atoms with Crippen LogP contribution in [0, 0.1) is 0 Å². The summed E-state index contributed by atoms with van der Waals surface area (Å²) < 4.78 is 0. The maximum Gasteiger partial charge on any atom is 0.303 e. The molecule has 0 saturated heterocycles. The highest BCUT2D eigenvalue weighted by atomic mass is 16.4. The van der Waals surface area contributed by atoms with Gasteiger partial charge in [0.25, 0.3) is 0 Å². The van der Waals surface area contributed by atoms with E-state index in [4.69, 9.17) is 31.9 Å². The SMILES string of the molecule is CCCCCCCCCCCC(=O)C(N)CN.O=C(O)CCC(=O)O.O=C(O)CCC(=O)O. The van der Waals surface area contributed by atoms with E-state index in [1.807, 2.05) is 0 Å². The second kappa shape index (κ2) is 25.7. The summed E-state index contributed by atoms with van der Waals surface area (Å²) in [4.78, 5) is 49.9. The van der Waals surface area contributed by atoms with Gasteiger partial charge in [0.2, 0.25) is 0 Å². The van der Waals surface area contributed by atoms with Crippen molar-refractivity contribution in [2.24, 2.45) is 11.5 Å². The zero-order valence-electron chi connectivity index (χ0n) is 19.7. The molecule has 0 aliphatic heterocycles. The molecule has 0 bridgehead atoms. The highest BCUT2D eigenvalue weighted by molar-refractivity contribution is 5.83. The lowest BCUT2D eigenvalue weighted by atomic mass is 10.0. The van der Waals surface area contributed by atoms with Gasteiger partial charge in [0.1, 0.15) is 0 Å². The zero-order valence-corrected chi connectivity index (χ0v) is 19.7. The average Bonchev–Trinajstić information content (AvgIpc) is 2.75. The molecule has 0 aromatic rings. The van der Waals surface area contributed by atoms with Crippen LogP contribution in [0.4, 0.5) is 0 Å². The molecule has 1 unspecified atom stereocenters. The van der Waals surface area contributed by atoms with Crippen LogP contribution in [0.15, 0.2) is 0 Å². The highest BCUT2D eigenvalue weighted by Crippen LogP contribution is 2.10. The van der Waals surface area contributed by atoms with E-state index in [2.05, 4.69) is 6.92 Å². The summed E-state index contributed by atoms with van der Waals surface area (Å²) in [5.74, 6) is -4.19. The van der Waals surface area contributed by atoms with Crippen LogP contribution in [0.25, 0.3) is 0 Å². The van der Waals surface area contributed by atoms with E-state index in [0.29, 0.717) is 6.42 Å². The van der Waals surface area contributed by atoms with E-state index in [1.54, 1.807) is 0 Å². The summed E-state index contributed by atoms with van der Waals surface area (Å²) >= 11 is 0. The summed E-state index contributed by atoms with van der Waals surface area (Å²) in [5.41, 5.74) is 10.9. The van der Waals surface area contributed by atoms with Crippen LogP contribution in [0.3, 0.4) is 0 Å². The van der Waals surface area contributed by atoms with Crippen LogP contribution in [-0.2, 0) is 24.0 Å². The van der Waals surface area contributed by atoms with E-state index in [1.165, 1.54) is 44.9 Å². The second-order valence-corrected chi connectivity index (χ2v) is 7.46. The largest absolute Gasteiger partial charge is 0.481 e. The average molecular weight is 479 g/mol. The molecule has 11 nitrogen and oxygen atoms in total. The van der Waals surface area contributed by atoms with Crippen LogP contribution < -0.4 is 11.5 Å². The fourth-order valence-corrected chi connectivity index (χ4v) is 2.35. The molecule has 0 aromatic carbocycles. The normalized spacial score (nSPS) is 10.6. The first-order chi connectivity index (χ1) is 15.5. The van der Waals surface area contributed by atoms with Gasteiger partial charge in [-0.25, -0.2) is 0 Å². The molecule has 33 heavy (non-hydrogen) atoms. The number of carboxylic acid groups (broad SMARTS) is 4. The Bertz CT molecular complexity index is 498. The fourth-order valence-electron chi connectivity index (χ4n) is 2.35. The summed E-state index contributed by atoms with van der Waals surface area (Å²) in [6.07, 6.45) is 10.9. The minimum atomic E-state index is -1.08. The van der Waals surface area contributed by atoms with Gasteiger partial charge in [-0.2, -0.15) is 0 Å². The molecule has 194 valence electrons. The molecule has 0 heterocycles. The first kappa shape index (κ1) is 35.1. The number of hydrogen-bond donors (Lipinski definition) is 6. The standard InChI is InChI=1S/C14H30N2O.2C4H6O4/c1-2-3-4-5-6-7-8-9-10-11-14(17)13(16)12-15;2*5-3(6)1-2-4(7)8/h13H,2-12,15-16H2,1H3;2*1-2H2,(H,5,6)(H,7,8). The Morgan fingerprint density at radius 3 is 1.15 bits per heavy atom. The molecule has 0 fully saturated rings. The summed E-state index contributed by atoms with van der Waals surface area (Å²) in [7, 11) is 0. The van der Waals surface area contributed by atoms with E-state index >= 15 is 0 Å². The molecular weight excluding hydrogens is 436 g/mol. The third-order valence-corrected chi connectivity index (χ3v) is 4.30. The van der Waals surface area contributed by atoms with Crippen LogP contribution in [0.1, 0.15) is 96.8 Å². The Morgan fingerprint density at radius 2 is 0.879 bits per heavy atom. The predicted octanol–water partition coefficient (Wildman–Crippen LogP) is 2.63. The molecule has 0 radical (unpaired) electrons. The Morgan fingerprint density at radius 1 is 0.576 bits per heavy atom. The van der Waals surface area contributed by atoms with Crippen molar-refractivity contribution in [1.29, 1.82) is 0 Å². The van der Waals surface area contributed by atoms with Gasteiger partial charge in [-0.3, -0.25) is 24.0 Å². The van der Waals surface area contributed by atoms with E-state index < -0.39 is 29.9 Å². The fraction of sp³-hybridized carbons (Fsp3) is 0.773. The molecule has 0 rings (SSSR count). The van der Waals surface area contributed by atoms with Crippen molar-refractivity contribution >= 4 is 29.7 Å². The number of ketones is 1. The topological polar surface area (TPSA) is 218 Å². The minimum Gasteiger partial charge on any atom is -0.481 e. The van der Waals surface area contributed by atoms with Crippen molar-refractivity contribution in [2.45, 2.75) is 103 Å². The summed E-state index contributed by atoms with van der Waals surface area (Å²) in [6.45, 7) is 2.51. The van der Waals surface area contributed by atoms with E-state index in [-0.39, 0.29) is 38.0 Å². The van der Waals surface area contributed by atoms with Crippen molar-refractivity contribution in [2.75, 3.05) is 6.54 Å². The summed E-state index contributed by atoms with van der Waals surface area (Å²) in [6, 6.07) is -0.441. The molecule has 8 N–H and O–H groups in total. The Hall–Kier alpha value is -2.53. The lowest BCUT2D eigenvalue weighted by Gasteiger charge is -2.07. The maximum atomic E-state index is 11.4. The zero-order chi connectivity index (χ0) is 26.1. The third kappa shape index (κ3) is 37.1. The number of carboxylic acids is 4. The highest BCUT2D eigenvalue weighted by Gasteiger charge is 2.10. The minimum absolute atomic E-state index is 0.121. The molecule has 1 atom stereocenters. The molecule has 0 saturated carbocycles. The van der Waals surface area contributed by atoms with Crippen molar-refractivity contribution in [3.8, 4) is 0 Å². The number of unbranched alkanes of at least 4 members (excludes halogenated alkanes) is 8. The smallest absolute Gasteiger partial charge is 0.303 e. The first-order valence-corrected chi connectivity index (χ1v) is 11.3. The van der Waals surface area contributed by atoms with Crippen molar-refractivity contribution < 1.29 is 44.4 Å². The number of hydrogen-bond acceptors (Lipinski definition) is 7. The van der Waals surface area contributed by atoms with Gasteiger partial charge in [-0.15, -0.1) is 0 Å². The first-order valence-electron chi connectivity index (χ1n) is 11.3. The monoisotopic (exact) mass is 478 g/mol. The Kier molecular flexibility index (Phi) is 27.3.